The lowest BCUT2D eigenvalue weighted by atomic mass is 9.93. The van der Waals surface area contributed by atoms with E-state index < -0.39 is 0 Å². The standard InChI is InChI=1S/C49H29N3O2/c1-2-11-31(12-3-1)41-29-42(52-49(51-41)32-24-22-30(23-25-32)33-15-8-18-40-34(33)17-10-28-50-40)37-27-26-36(47-39-14-5-7-20-44(39)54-48(37)47)35-16-9-21-45-46(35)38-13-4-6-19-43(38)53-45/h1-29H. The Kier molecular flexibility index (Phi) is 6.79. The average molecular weight is 692 g/mol. The second-order valence-electron chi connectivity index (χ2n) is 13.5. The fourth-order valence-electron chi connectivity index (χ4n) is 7.88. The molecule has 4 aromatic heterocycles. The minimum Gasteiger partial charge on any atom is -0.456 e. The second-order valence-corrected chi connectivity index (χ2v) is 13.5. The molecule has 0 bridgehead atoms. The smallest absolute Gasteiger partial charge is 0.160 e. The summed E-state index contributed by atoms with van der Waals surface area (Å²) in [6.45, 7) is 0. The second kappa shape index (κ2) is 12.1. The Balaban J connectivity index is 1.12. The molecule has 11 aromatic rings. The largest absolute Gasteiger partial charge is 0.456 e. The summed E-state index contributed by atoms with van der Waals surface area (Å²) in [4.78, 5) is 15.0. The lowest BCUT2D eigenvalue weighted by Gasteiger charge is -2.12. The van der Waals surface area contributed by atoms with Gasteiger partial charge in [0.05, 0.1) is 16.9 Å². The topological polar surface area (TPSA) is 65.0 Å². The molecule has 0 atom stereocenters. The SMILES string of the molecule is c1ccc(-c2cc(-c3ccc(-c4cccc5oc6ccccc6c45)c4c3oc3ccccc34)nc(-c3ccc(-c4cccc5ncccc45)cc3)n2)cc1. The zero-order valence-corrected chi connectivity index (χ0v) is 28.9. The van der Waals surface area contributed by atoms with Crippen molar-refractivity contribution in [1.29, 1.82) is 0 Å². The Morgan fingerprint density at radius 1 is 0.370 bits per heavy atom. The van der Waals surface area contributed by atoms with Gasteiger partial charge in [-0.15, -0.1) is 0 Å². The van der Waals surface area contributed by atoms with Gasteiger partial charge in [-0.1, -0.05) is 127 Å². The van der Waals surface area contributed by atoms with E-state index in [1.54, 1.807) is 0 Å². The van der Waals surface area contributed by atoms with Crippen LogP contribution in [0.25, 0.3) is 111 Å². The molecule has 252 valence electrons. The molecule has 0 unspecified atom stereocenters. The number of furan rings is 2. The van der Waals surface area contributed by atoms with Crippen LogP contribution < -0.4 is 0 Å². The Morgan fingerprint density at radius 3 is 1.85 bits per heavy atom. The van der Waals surface area contributed by atoms with E-state index in [1.165, 1.54) is 0 Å². The number of hydrogen-bond acceptors (Lipinski definition) is 5. The van der Waals surface area contributed by atoms with Crippen LogP contribution in [-0.2, 0) is 0 Å². The molecule has 5 nitrogen and oxygen atoms in total. The summed E-state index contributed by atoms with van der Waals surface area (Å²) in [6, 6.07) is 58.3. The van der Waals surface area contributed by atoms with Gasteiger partial charge in [0, 0.05) is 49.8 Å². The summed E-state index contributed by atoms with van der Waals surface area (Å²) in [7, 11) is 0. The molecule has 7 aromatic carbocycles. The molecule has 0 fully saturated rings. The highest BCUT2D eigenvalue weighted by Gasteiger charge is 2.22. The predicted octanol–water partition coefficient (Wildman–Crippen LogP) is 13.2. The Bertz CT molecular complexity index is 3210. The van der Waals surface area contributed by atoms with Crippen molar-refractivity contribution in [3.63, 3.8) is 0 Å². The fraction of sp³-hybridized carbons (Fsp3) is 0. The summed E-state index contributed by atoms with van der Waals surface area (Å²) in [5, 5.41) is 5.38. The molecule has 5 heteroatoms. The molecule has 11 rings (SSSR count). The van der Waals surface area contributed by atoms with Gasteiger partial charge in [-0.3, -0.25) is 4.98 Å². The normalized spacial score (nSPS) is 11.7. The zero-order chi connectivity index (χ0) is 35.6. The third-order valence-corrected chi connectivity index (χ3v) is 10.4. The molecule has 0 radical (unpaired) electrons. The van der Waals surface area contributed by atoms with E-state index in [9.17, 15) is 0 Å². The minimum absolute atomic E-state index is 0.639. The van der Waals surface area contributed by atoms with Crippen LogP contribution in [0.1, 0.15) is 0 Å². The molecule has 4 heterocycles. The van der Waals surface area contributed by atoms with Crippen LogP contribution in [0.3, 0.4) is 0 Å². The third-order valence-electron chi connectivity index (χ3n) is 10.4. The van der Waals surface area contributed by atoms with Gasteiger partial charge < -0.3 is 8.83 Å². The van der Waals surface area contributed by atoms with Gasteiger partial charge in [-0.2, -0.15) is 0 Å². The van der Waals surface area contributed by atoms with E-state index in [0.717, 1.165) is 105 Å². The first-order chi connectivity index (χ1) is 26.8. The van der Waals surface area contributed by atoms with Crippen LogP contribution >= 0.6 is 0 Å². The Labute approximate surface area is 309 Å². The summed E-state index contributed by atoms with van der Waals surface area (Å²) in [6.07, 6.45) is 1.83. The average Bonchev–Trinajstić information content (AvgIpc) is 3.83. The molecule has 0 amide bonds. The van der Waals surface area contributed by atoms with Crippen LogP contribution in [0.2, 0.25) is 0 Å². The highest BCUT2D eigenvalue weighted by Crippen LogP contribution is 2.45. The lowest BCUT2D eigenvalue weighted by molar-refractivity contribution is 0.668. The number of para-hydroxylation sites is 2. The summed E-state index contributed by atoms with van der Waals surface area (Å²) in [5.41, 5.74) is 13.2. The first kappa shape index (κ1) is 30.3. The van der Waals surface area contributed by atoms with E-state index in [0.29, 0.717) is 5.82 Å². The highest BCUT2D eigenvalue weighted by atomic mass is 16.3. The maximum Gasteiger partial charge on any atom is 0.160 e. The predicted molar refractivity (Wildman–Crippen MR) is 219 cm³/mol. The summed E-state index contributed by atoms with van der Waals surface area (Å²) in [5.74, 6) is 0.639. The lowest BCUT2D eigenvalue weighted by Crippen LogP contribution is -1.96. The monoisotopic (exact) mass is 691 g/mol. The molecular weight excluding hydrogens is 663 g/mol. The molecular formula is C49H29N3O2. The number of hydrogen-bond donors (Lipinski definition) is 0. The molecule has 0 saturated heterocycles. The quantitative estimate of drug-likeness (QED) is 0.180. The molecule has 0 N–H and O–H groups in total. The van der Waals surface area contributed by atoms with E-state index >= 15 is 0 Å². The molecule has 0 aliphatic carbocycles. The number of pyridine rings is 1. The van der Waals surface area contributed by atoms with Crippen molar-refractivity contribution >= 4 is 54.8 Å². The van der Waals surface area contributed by atoms with Crippen molar-refractivity contribution in [2.24, 2.45) is 0 Å². The molecule has 0 spiro atoms. The van der Waals surface area contributed by atoms with Crippen molar-refractivity contribution in [2.45, 2.75) is 0 Å². The minimum atomic E-state index is 0.639. The van der Waals surface area contributed by atoms with Crippen molar-refractivity contribution in [3.05, 3.63) is 176 Å². The maximum atomic E-state index is 6.78. The van der Waals surface area contributed by atoms with Gasteiger partial charge in [-0.25, -0.2) is 9.97 Å². The van der Waals surface area contributed by atoms with Crippen molar-refractivity contribution < 1.29 is 8.83 Å². The van der Waals surface area contributed by atoms with Gasteiger partial charge in [0.15, 0.2) is 5.82 Å². The Hall–Kier alpha value is -7.37. The first-order valence-corrected chi connectivity index (χ1v) is 18.0. The Morgan fingerprint density at radius 2 is 1.00 bits per heavy atom. The summed E-state index contributed by atoms with van der Waals surface area (Å²) < 4.78 is 13.1. The van der Waals surface area contributed by atoms with Crippen molar-refractivity contribution in [3.8, 4) is 56.2 Å². The zero-order valence-electron chi connectivity index (χ0n) is 28.9. The summed E-state index contributed by atoms with van der Waals surface area (Å²) >= 11 is 0. The van der Waals surface area contributed by atoms with Gasteiger partial charge >= 0.3 is 0 Å². The third kappa shape index (κ3) is 4.83. The van der Waals surface area contributed by atoms with Gasteiger partial charge in [0.1, 0.15) is 22.3 Å². The number of benzene rings is 7. The van der Waals surface area contributed by atoms with Gasteiger partial charge in [-0.05, 0) is 64.7 Å². The van der Waals surface area contributed by atoms with Gasteiger partial charge in [0.2, 0.25) is 0 Å². The fourth-order valence-corrected chi connectivity index (χ4v) is 7.88. The number of nitrogens with zero attached hydrogens (tertiary/aromatic N) is 3. The number of fused-ring (bicyclic) bond motifs is 7. The van der Waals surface area contributed by atoms with Crippen LogP contribution in [0.4, 0.5) is 0 Å². The van der Waals surface area contributed by atoms with Gasteiger partial charge in [0.25, 0.3) is 0 Å². The number of rotatable bonds is 5. The highest BCUT2D eigenvalue weighted by molar-refractivity contribution is 6.21. The van der Waals surface area contributed by atoms with Crippen molar-refractivity contribution in [1.82, 2.24) is 15.0 Å². The van der Waals surface area contributed by atoms with Crippen LogP contribution in [0.5, 0.6) is 0 Å². The van der Waals surface area contributed by atoms with Crippen LogP contribution in [0.15, 0.2) is 185 Å². The molecule has 0 aliphatic rings. The molecule has 54 heavy (non-hydrogen) atoms. The first-order valence-electron chi connectivity index (χ1n) is 18.0. The van der Waals surface area contributed by atoms with Crippen LogP contribution in [0, 0.1) is 0 Å². The van der Waals surface area contributed by atoms with Crippen LogP contribution in [-0.4, -0.2) is 15.0 Å². The van der Waals surface area contributed by atoms with Crippen molar-refractivity contribution in [2.75, 3.05) is 0 Å². The molecule has 0 aliphatic heterocycles. The maximum absolute atomic E-state index is 6.78. The van der Waals surface area contributed by atoms with E-state index in [1.807, 2.05) is 66.9 Å². The van der Waals surface area contributed by atoms with E-state index in [2.05, 4.69) is 114 Å². The molecule has 0 saturated carbocycles. The number of aromatic nitrogens is 3. The van der Waals surface area contributed by atoms with E-state index in [-0.39, 0.29) is 0 Å². The van der Waals surface area contributed by atoms with E-state index in [4.69, 9.17) is 18.8 Å².